The van der Waals surface area contributed by atoms with Crippen LogP contribution in [0.25, 0.3) is 0 Å². The first-order valence-corrected chi connectivity index (χ1v) is 31.2. The lowest BCUT2D eigenvalue weighted by molar-refractivity contribution is -0.167. The quantitative estimate of drug-likeness (QED) is 0.0261. The third kappa shape index (κ3) is 59.2. The van der Waals surface area contributed by atoms with Gasteiger partial charge in [-0.1, -0.05) is 279 Å². The zero-order chi connectivity index (χ0) is 53.6. The van der Waals surface area contributed by atoms with Gasteiger partial charge in [0.15, 0.2) is 6.10 Å². The average molecular weight is 1030 g/mol. The van der Waals surface area contributed by atoms with Gasteiger partial charge in [-0.3, -0.25) is 14.4 Å². The maximum Gasteiger partial charge on any atom is 0.306 e. The van der Waals surface area contributed by atoms with Crippen molar-refractivity contribution in [3.8, 4) is 0 Å². The molecule has 0 N–H and O–H groups in total. The van der Waals surface area contributed by atoms with E-state index in [-0.39, 0.29) is 31.1 Å². The summed E-state index contributed by atoms with van der Waals surface area (Å²) in [6.45, 7) is 6.43. The fourth-order valence-electron chi connectivity index (χ4n) is 8.72. The maximum atomic E-state index is 12.9. The van der Waals surface area contributed by atoms with Gasteiger partial charge in [0, 0.05) is 19.3 Å². The van der Waals surface area contributed by atoms with Crippen LogP contribution in [-0.4, -0.2) is 37.2 Å². The van der Waals surface area contributed by atoms with E-state index in [0.717, 1.165) is 122 Å². The van der Waals surface area contributed by atoms with Gasteiger partial charge in [-0.25, -0.2) is 0 Å². The first-order valence-electron chi connectivity index (χ1n) is 31.2. The first-order chi connectivity index (χ1) is 36.5. The lowest BCUT2D eigenvalue weighted by atomic mass is 10.0. The van der Waals surface area contributed by atoms with Gasteiger partial charge >= 0.3 is 17.9 Å². The van der Waals surface area contributed by atoms with Gasteiger partial charge in [0.25, 0.3) is 0 Å². The lowest BCUT2D eigenvalue weighted by Gasteiger charge is -2.18. The number of hydrogen-bond donors (Lipinski definition) is 0. The summed E-state index contributed by atoms with van der Waals surface area (Å²) in [5.74, 6) is -0.890. The fourth-order valence-corrected chi connectivity index (χ4v) is 8.72. The van der Waals surface area contributed by atoms with Crippen LogP contribution in [0, 0.1) is 0 Å². The number of rotatable bonds is 56. The molecule has 0 aliphatic rings. The first kappa shape index (κ1) is 70.3. The molecule has 0 aliphatic carbocycles. The Morgan fingerprint density at radius 2 is 0.527 bits per heavy atom. The summed E-state index contributed by atoms with van der Waals surface area (Å²) >= 11 is 0. The van der Waals surface area contributed by atoms with Crippen LogP contribution < -0.4 is 0 Å². The smallest absolute Gasteiger partial charge is 0.306 e. The predicted octanol–water partition coefficient (Wildman–Crippen LogP) is 21.3. The molecule has 6 heteroatoms. The molecule has 0 spiro atoms. The number of hydrogen-bond acceptors (Lipinski definition) is 6. The largest absolute Gasteiger partial charge is 0.462 e. The van der Waals surface area contributed by atoms with Gasteiger partial charge < -0.3 is 14.2 Å². The zero-order valence-corrected chi connectivity index (χ0v) is 48.6. The Bertz CT molecular complexity index is 1460. The fraction of sp³-hybridized carbons (Fsp3) is 0.721. The molecule has 0 aromatic heterocycles. The number of carbonyl (C=O) groups is 3. The van der Waals surface area contributed by atoms with E-state index < -0.39 is 6.10 Å². The second-order valence-corrected chi connectivity index (χ2v) is 20.6. The molecule has 0 aromatic rings. The van der Waals surface area contributed by atoms with Gasteiger partial charge in [0.2, 0.25) is 0 Å². The van der Waals surface area contributed by atoms with Gasteiger partial charge in [-0.2, -0.15) is 0 Å². The predicted molar refractivity (Wildman–Crippen MR) is 320 cm³/mol. The molecule has 0 saturated heterocycles. The van der Waals surface area contributed by atoms with E-state index >= 15 is 0 Å². The Morgan fingerprint density at radius 1 is 0.284 bits per heavy atom. The molecule has 6 nitrogen and oxygen atoms in total. The highest BCUT2D eigenvalue weighted by Crippen LogP contribution is 2.16. The molecule has 0 heterocycles. The molecular weight excluding hydrogens is 913 g/mol. The van der Waals surface area contributed by atoms with Gasteiger partial charge in [0.1, 0.15) is 13.2 Å². The van der Waals surface area contributed by atoms with Gasteiger partial charge in [0.05, 0.1) is 0 Å². The number of allylic oxidation sites excluding steroid dienone is 16. The molecule has 424 valence electrons. The number of ether oxygens (including phenoxy) is 3. The highest BCUT2D eigenvalue weighted by Gasteiger charge is 2.19. The molecular formula is C68H116O6. The van der Waals surface area contributed by atoms with Crippen molar-refractivity contribution in [1.82, 2.24) is 0 Å². The summed E-state index contributed by atoms with van der Waals surface area (Å²) < 4.78 is 16.9. The van der Waals surface area contributed by atoms with Crippen LogP contribution in [-0.2, 0) is 28.6 Å². The van der Waals surface area contributed by atoms with E-state index in [1.54, 1.807) is 0 Å². The van der Waals surface area contributed by atoms with Crippen molar-refractivity contribution in [1.29, 1.82) is 0 Å². The molecule has 0 aliphatic heterocycles. The van der Waals surface area contributed by atoms with Crippen LogP contribution in [0.5, 0.6) is 0 Å². The summed E-state index contributed by atoms with van der Waals surface area (Å²) in [7, 11) is 0. The Morgan fingerprint density at radius 3 is 0.824 bits per heavy atom. The van der Waals surface area contributed by atoms with Crippen molar-refractivity contribution < 1.29 is 28.6 Å². The highest BCUT2D eigenvalue weighted by atomic mass is 16.6. The van der Waals surface area contributed by atoms with Crippen LogP contribution in [0.3, 0.4) is 0 Å². The van der Waals surface area contributed by atoms with Crippen molar-refractivity contribution in [2.24, 2.45) is 0 Å². The third-order valence-electron chi connectivity index (χ3n) is 13.3. The van der Waals surface area contributed by atoms with E-state index in [4.69, 9.17) is 14.2 Å². The van der Waals surface area contributed by atoms with E-state index in [0.29, 0.717) is 19.3 Å². The topological polar surface area (TPSA) is 78.9 Å². The standard InChI is InChI=1S/C68H116O6/c1-4-7-10-13-16-19-22-25-28-30-32-33-34-35-37-38-40-43-46-49-52-55-58-61-67(70)73-64-65(63-72-66(69)60-57-54-51-48-45-42-27-24-21-18-15-12-9-6-3)74-68(71)62-59-56-53-50-47-44-41-39-36-31-29-26-23-20-17-14-11-8-5-2/h7-8,10-11,16-17,19-20,25-26,28-29,32-33,36,39,65H,4-6,9,12-15,18,21-24,27,30-31,34-35,37-38,40-64H2,1-3H3/b10-7-,11-8-,19-16-,20-17-,28-25-,29-26-,33-32-,39-36-. The number of esters is 3. The molecule has 0 amide bonds. The third-order valence-corrected chi connectivity index (χ3v) is 13.3. The highest BCUT2D eigenvalue weighted by molar-refractivity contribution is 5.71. The van der Waals surface area contributed by atoms with E-state index in [1.165, 1.54) is 135 Å². The molecule has 0 fully saturated rings. The zero-order valence-electron chi connectivity index (χ0n) is 48.6. The van der Waals surface area contributed by atoms with Crippen molar-refractivity contribution in [2.45, 2.75) is 303 Å². The molecule has 0 aromatic carbocycles. The summed E-state index contributed by atoms with van der Waals surface area (Å²) in [6.07, 6.45) is 82.6. The lowest BCUT2D eigenvalue weighted by Crippen LogP contribution is -2.30. The minimum atomic E-state index is -0.787. The van der Waals surface area contributed by atoms with Crippen LogP contribution in [0.15, 0.2) is 97.2 Å². The van der Waals surface area contributed by atoms with Crippen molar-refractivity contribution in [3.05, 3.63) is 97.2 Å². The second kappa shape index (κ2) is 61.9. The monoisotopic (exact) mass is 1030 g/mol. The van der Waals surface area contributed by atoms with Gasteiger partial charge in [-0.15, -0.1) is 0 Å². The molecule has 1 atom stereocenters. The summed E-state index contributed by atoms with van der Waals surface area (Å²) in [4.78, 5) is 38.3. The number of carbonyl (C=O) groups excluding carboxylic acids is 3. The maximum absolute atomic E-state index is 12.9. The van der Waals surface area contributed by atoms with Crippen LogP contribution in [0.1, 0.15) is 297 Å². The normalized spacial score (nSPS) is 12.7. The van der Waals surface area contributed by atoms with Crippen molar-refractivity contribution >= 4 is 17.9 Å². The van der Waals surface area contributed by atoms with Gasteiger partial charge in [-0.05, 0) is 96.3 Å². The number of unbranched alkanes of at least 4 members (excludes halogenated alkanes) is 29. The summed E-state index contributed by atoms with van der Waals surface area (Å²) in [5, 5.41) is 0. The SMILES string of the molecule is CC/C=C\C/C=C\C/C=C\C/C=C\CCCCCCCCCCCCC(=O)OCC(COC(=O)CCCCCCCCCCCCCCCC)OC(=O)CCCCCCCC/C=C\C/C=C\C/C=C\C/C=C\CC. The second-order valence-electron chi connectivity index (χ2n) is 20.6. The average Bonchev–Trinajstić information content (AvgIpc) is 3.40. The molecule has 74 heavy (non-hydrogen) atoms. The van der Waals surface area contributed by atoms with E-state index in [9.17, 15) is 14.4 Å². The molecule has 0 rings (SSSR count). The van der Waals surface area contributed by atoms with Crippen molar-refractivity contribution in [2.75, 3.05) is 13.2 Å². The molecule has 0 bridgehead atoms. The van der Waals surface area contributed by atoms with Crippen LogP contribution >= 0.6 is 0 Å². The van der Waals surface area contributed by atoms with Crippen LogP contribution in [0.4, 0.5) is 0 Å². The molecule has 1 unspecified atom stereocenters. The van der Waals surface area contributed by atoms with Crippen LogP contribution in [0.2, 0.25) is 0 Å². The van der Waals surface area contributed by atoms with E-state index in [2.05, 4.69) is 118 Å². The van der Waals surface area contributed by atoms with E-state index in [1.807, 2.05) is 0 Å². The Balaban J connectivity index is 4.37. The molecule has 0 saturated carbocycles. The summed E-state index contributed by atoms with van der Waals surface area (Å²) in [6, 6.07) is 0. The Labute approximate surface area is 457 Å². The molecule has 0 radical (unpaired) electrons. The van der Waals surface area contributed by atoms with Crippen molar-refractivity contribution in [3.63, 3.8) is 0 Å². The Kier molecular flexibility index (Phi) is 58.8. The Hall–Kier alpha value is -3.67. The minimum absolute atomic E-state index is 0.0823. The minimum Gasteiger partial charge on any atom is -0.462 e. The summed E-state index contributed by atoms with van der Waals surface area (Å²) in [5.41, 5.74) is 0.